The summed E-state index contributed by atoms with van der Waals surface area (Å²) in [6.07, 6.45) is 1.44. The van der Waals surface area contributed by atoms with Crippen molar-refractivity contribution in [2.24, 2.45) is 0 Å². The lowest BCUT2D eigenvalue weighted by atomic mass is 10.3. The maximum absolute atomic E-state index is 13.3. The second-order valence-electron chi connectivity index (χ2n) is 6.65. The summed E-state index contributed by atoms with van der Waals surface area (Å²) in [5.74, 6) is 0.882. The van der Waals surface area contributed by atoms with E-state index in [1.54, 1.807) is 36.4 Å². The Kier molecular flexibility index (Phi) is 7.79. The Morgan fingerprint density at radius 1 is 1.16 bits per heavy atom. The van der Waals surface area contributed by atoms with E-state index in [1.807, 2.05) is 6.92 Å². The summed E-state index contributed by atoms with van der Waals surface area (Å²) in [7, 11) is -2.52. The number of amides is 1. The van der Waals surface area contributed by atoms with Crippen LogP contribution in [0.5, 0.6) is 11.5 Å². The summed E-state index contributed by atoms with van der Waals surface area (Å²) >= 11 is 6.10. The zero-order chi connectivity index (χ0) is 23.1. The average Bonchev–Trinajstić information content (AvgIpc) is 3.27. The van der Waals surface area contributed by atoms with E-state index in [4.69, 9.17) is 25.5 Å². The Morgan fingerprint density at radius 3 is 2.50 bits per heavy atom. The maximum atomic E-state index is 13.3. The van der Waals surface area contributed by atoms with Gasteiger partial charge in [-0.15, -0.1) is 0 Å². The van der Waals surface area contributed by atoms with E-state index in [0.717, 1.165) is 4.31 Å². The van der Waals surface area contributed by atoms with E-state index in [-0.39, 0.29) is 11.4 Å². The molecule has 0 spiro atoms. The third kappa shape index (κ3) is 5.82. The summed E-state index contributed by atoms with van der Waals surface area (Å²) in [6.45, 7) is 1.76. The number of ether oxygens (including phenoxy) is 2. The molecule has 3 rings (SSSR count). The number of hydrogen-bond acceptors (Lipinski definition) is 6. The molecule has 1 N–H and O–H groups in total. The molecule has 0 bridgehead atoms. The highest BCUT2D eigenvalue weighted by Crippen LogP contribution is 2.27. The number of rotatable bonds is 10. The molecule has 1 heterocycles. The van der Waals surface area contributed by atoms with Crippen molar-refractivity contribution in [3.05, 3.63) is 71.6 Å². The van der Waals surface area contributed by atoms with Crippen molar-refractivity contribution in [2.75, 3.05) is 25.6 Å². The Balaban J connectivity index is 1.81. The Bertz CT molecular complexity index is 1150. The second kappa shape index (κ2) is 10.5. The number of furan rings is 1. The molecule has 1 aromatic heterocycles. The number of hydrogen-bond donors (Lipinski definition) is 1. The topological polar surface area (TPSA) is 98.1 Å². The fraction of sp³-hybridized carbons (Fsp3) is 0.227. The lowest BCUT2D eigenvalue weighted by Crippen LogP contribution is -2.37. The molecule has 32 heavy (non-hydrogen) atoms. The molecule has 0 saturated carbocycles. The van der Waals surface area contributed by atoms with Crippen LogP contribution >= 0.6 is 11.6 Å². The minimum Gasteiger partial charge on any atom is -0.495 e. The molecule has 2 aromatic carbocycles. The van der Waals surface area contributed by atoms with Crippen molar-refractivity contribution in [2.45, 2.75) is 18.4 Å². The van der Waals surface area contributed by atoms with Crippen LogP contribution < -0.4 is 14.8 Å². The summed E-state index contributed by atoms with van der Waals surface area (Å²) in [4.78, 5) is 12.7. The number of halogens is 1. The van der Waals surface area contributed by atoms with Gasteiger partial charge in [-0.3, -0.25) is 4.79 Å². The largest absolute Gasteiger partial charge is 0.495 e. The van der Waals surface area contributed by atoms with E-state index in [0.29, 0.717) is 34.6 Å². The highest BCUT2D eigenvalue weighted by molar-refractivity contribution is 7.89. The third-order valence-electron chi connectivity index (χ3n) is 4.44. The standard InChI is InChI=1S/C22H23ClN2O6S/c1-3-30-17-7-9-19(10-8-17)32(27,28)25(14-18-5-4-12-31-18)15-22(26)24-16-6-11-21(29-2)20(23)13-16/h4-13H,3,14-15H2,1-2H3,(H,24,26). The predicted molar refractivity (Wildman–Crippen MR) is 121 cm³/mol. The van der Waals surface area contributed by atoms with Gasteiger partial charge in [0.25, 0.3) is 0 Å². The first-order valence-corrected chi connectivity index (χ1v) is 11.5. The molecule has 1 amide bonds. The summed E-state index contributed by atoms with van der Waals surface area (Å²) < 4.78 is 43.4. The maximum Gasteiger partial charge on any atom is 0.243 e. The van der Waals surface area contributed by atoms with Crippen LogP contribution in [0.1, 0.15) is 12.7 Å². The molecule has 0 aliphatic carbocycles. The molecule has 0 radical (unpaired) electrons. The quantitative estimate of drug-likeness (QED) is 0.469. The number of nitrogens with zero attached hydrogens (tertiary/aromatic N) is 1. The Labute approximate surface area is 191 Å². The Morgan fingerprint density at radius 2 is 1.91 bits per heavy atom. The first-order valence-electron chi connectivity index (χ1n) is 9.72. The van der Waals surface area contributed by atoms with Gasteiger partial charge in [0.1, 0.15) is 17.3 Å². The van der Waals surface area contributed by atoms with Gasteiger partial charge in [0.15, 0.2) is 0 Å². The first-order chi connectivity index (χ1) is 15.3. The van der Waals surface area contributed by atoms with E-state index < -0.39 is 22.5 Å². The van der Waals surface area contributed by atoms with Crippen LogP contribution in [0.2, 0.25) is 5.02 Å². The molecule has 0 aliphatic heterocycles. The average molecular weight is 479 g/mol. The van der Waals surface area contributed by atoms with Crippen LogP contribution in [0.15, 0.2) is 70.2 Å². The zero-order valence-electron chi connectivity index (χ0n) is 17.6. The lowest BCUT2D eigenvalue weighted by Gasteiger charge is -2.21. The van der Waals surface area contributed by atoms with Crippen molar-refractivity contribution < 1.29 is 27.1 Å². The third-order valence-corrected chi connectivity index (χ3v) is 6.54. The summed E-state index contributed by atoms with van der Waals surface area (Å²) in [5.41, 5.74) is 0.414. The van der Waals surface area contributed by atoms with Crippen molar-refractivity contribution in [3.8, 4) is 11.5 Å². The molecule has 170 valence electrons. The number of nitrogens with one attached hydrogen (secondary N) is 1. The minimum atomic E-state index is -4.00. The van der Waals surface area contributed by atoms with Gasteiger partial charge in [0, 0.05) is 5.69 Å². The molecule has 0 atom stereocenters. The molecular weight excluding hydrogens is 456 g/mol. The molecule has 0 fully saturated rings. The fourth-order valence-electron chi connectivity index (χ4n) is 2.93. The van der Waals surface area contributed by atoms with Gasteiger partial charge >= 0.3 is 0 Å². The summed E-state index contributed by atoms with van der Waals surface area (Å²) in [5, 5.41) is 2.98. The highest BCUT2D eigenvalue weighted by atomic mass is 35.5. The number of benzene rings is 2. The van der Waals surface area contributed by atoms with Crippen LogP contribution in [0.3, 0.4) is 0 Å². The predicted octanol–water partition coefficient (Wildman–Crippen LogP) is 4.17. The number of carbonyl (C=O) groups excluding carboxylic acids is 1. The van der Waals surface area contributed by atoms with Gasteiger partial charge < -0.3 is 19.2 Å². The van der Waals surface area contributed by atoms with Gasteiger partial charge in [-0.05, 0) is 61.5 Å². The van der Waals surface area contributed by atoms with Crippen LogP contribution in [0.4, 0.5) is 5.69 Å². The van der Waals surface area contributed by atoms with Crippen molar-refractivity contribution in [1.29, 1.82) is 0 Å². The molecule has 8 nitrogen and oxygen atoms in total. The van der Waals surface area contributed by atoms with E-state index in [2.05, 4.69) is 5.32 Å². The second-order valence-corrected chi connectivity index (χ2v) is 9.00. The highest BCUT2D eigenvalue weighted by Gasteiger charge is 2.28. The van der Waals surface area contributed by atoms with Gasteiger partial charge in [0.05, 0.1) is 43.0 Å². The number of carbonyl (C=O) groups is 1. The first kappa shape index (κ1) is 23.6. The van der Waals surface area contributed by atoms with Crippen molar-refractivity contribution in [3.63, 3.8) is 0 Å². The minimum absolute atomic E-state index is 0.0350. The van der Waals surface area contributed by atoms with Crippen LogP contribution in [0.25, 0.3) is 0 Å². The van der Waals surface area contributed by atoms with E-state index in [1.165, 1.54) is 31.6 Å². The van der Waals surface area contributed by atoms with Crippen LogP contribution in [-0.2, 0) is 21.4 Å². The van der Waals surface area contributed by atoms with Crippen LogP contribution in [0, 0.1) is 0 Å². The molecule has 0 saturated heterocycles. The van der Waals surface area contributed by atoms with Gasteiger partial charge in [-0.1, -0.05) is 11.6 Å². The smallest absolute Gasteiger partial charge is 0.243 e. The lowest BCUT2D eigenvalue weighted by molar-refractivity contribution is -0.116. The number of anilines is 1. The molecule has 0 aliphatic rings. The van der Waals surface area contributed by atoms with Crippen molar-refractivity contribution in [1.82, 2.24) is 4.31 Å². The monoisotopic (exact) mass is 478 g/mol. The van der Waals surface area contributed by atoms with E-state index >= 15 is 0 Å². The summed E-state index contributed by atoms with van der Waals surface area (Å²) in [6, 6.07) is 14.1. The molecule has 3 aromatic rings. The fourth-order valence-corrected chi connectivity index (χ4v) is 4.55. The molecule has 0 unspecified atom stereocenters. The van der Waals surface area contributed by atoms with Gasteiger partial charge in [-0.2, -0.15) is 4.31 Å². The SMILES string of the molecule is CCOc1ccc(S(=O)(=O)N(CC(=O)Nc2ccc(OC)c(Cl)c2)Cc2ccco2)cc1. The van der Waals surface area contributed by atoms with Crippen LogP contribution in [-0.4, -0.2) is 38.9 Å². The zero-order valence-corrected chi connectivity index (χ0v) is 19.2. The van der Waals surface area contributed by atoms with Gasteiger partial charge in [-0.25, -0.2) is 8.42 Å². The molecule has 10 heteroatoms. The normalized spacial score (nSPS) is 11.4. The molecular formula is C22H23ClN2O6S. The van der Waals surface area contributed by atoms with Crippen molar-refractivity contribution >= 4 is 33.2 Å². The number of sulfonamides is 1. The number of methoxy groups -OCH3 is 1. The Hall–Kier alpha value is -3.01. The van der Waals surface area contributed by atoms with E-state index in [9.17, 15) is 13.2 Å². The van der Waals surface area contributed by atoms with Gasteiger partial charge in [0.2, 0.25) is 15.9 Å².